The number of para-hydroxylation sites is 1. The Morgan fingerprint density at radius 2 is 1.53 bits per heavy atom. The molecule has 0 spiro atoms. The van der Waals surface area contributed by atoms with Gasteiger partial charge in [0.05, 0.1) is 18.1 Å². The van der Waals surface area contributed by atoms with Crippen LogP contribution in [0.3, 0.4) is 0 Å². The zero-order valence-corrected chi connectivity index (χ0v) is 18.6. The maximum absolute atomic E-state index is 13.5. The number of morpholine rings is 1. The molecule has 1 aliphatic rings. The number of hydrogen-bond donors (Lipinski definition) is 0. The summed E-state index contributed by atoms with van der Waals surface area (Å²) in [6, 6.07) is 25.7. The van der Waals surface area contributed by atoms with E-state index in [4.69, 9.17) is 4.74 Å². The summed E-state index contributed by atoms with van der Waals surface area (Å²) in [7, 11) is -3.68. The van der Waals surface area contributed by atoms with Crippen LogP contribution in [0.4, 0.5) is 5.69 Å². The summed E-state index contributed by atoms with van der Waals surface area (Å²) in [6.45, 7) is 1.85. The zero-order chi connectivity index (χ0) is 22.4. The quantitative estimate of drug-likeness (QED) is 0.552. The second-order valence-electron chi connectivity index (χ2n) is 7.57. The van der Waals surface area contributed by atoms with Crippen LogP contribution in [0.2, 0.25) is 0 Å². The molecule has 1 saturated heterocycles. The summed E-state index contributed by atoms with van der Waals surface area (Å²) < 4.78 is 32.8. The maximum atomic E-state index is 13.5. The number of ether oxygens (including phenoxy) is 1. The van der Waals surface area contributed by atoms with E-state index < -0.39 is 10.0 Å². The van der Waals surface area contributed by atoms with Gasteiger partial charge in [-0.05, 0) is 42.3 Å². The Hall–Kier alpha value is -3.00. The molecule has 1 amide bonds. The van der Waals surface area contributed by atoms with E-state index >= 15 is 0 Å². The molecule has 0 aromatic heterocycles. The van der Waals surface area contributed by atoms with Crippen molar-refractivity contribution in [2.75, 3.05) is 37.7 Å². The van der Waals surface area contributed by atoms with Gasteiger partial charge >= 0.3 is 0 Å². The van der Waals surface area contributed by atoms with Crippen LogP contribution >= 0.6 is 0 Å². The number of carbonyl (C=O) groups excluding carboxylic acids is 1. The van der Waals surface area contributed by atoms with Crippen LogP contribution < -0.4 is 4.90 Å². The lowest BCUT2D eigenvalue weighted by atomic mass is 10.1. The van der Waals surface area contributed by atoms with Crippen molar-refractivity contribution in [2.45, 2.75) is 11.3 Å². The molecule has 0 bridgehead atoms. The normalized spacial score (nSPS) is 14.8. The summed E-state index contributed by atoms with van der Waals surface area (Å²) in [6.07, 6.45) is 0.688. The standard InChI is InChI=1S/C25H26N2O4S/c28-25(22-10-7-13-24(20-22)32(29,30)26-16-18-31-19-17-26)27(23-11-5-2-6-12-23)15-14-21-8-3-1-4-9-21/h1-13,20H,14-19H2. The summed E-state index contributed by atoms with van der Waals surface area (Å²) in [5, 5.41) is 0. The van der Waals surface area contributed by atoms with E-state index in [1.165, 1.54) is 10.4 Å². The molecule has 0 radical (unpaired) electrons. The number of nitrogens with zero attached hydrogens (tertiary/aromatic N) is 2. The van der Waals surface area contributed by atoms with Crippen LogP contribution in [0.5, 0.6) is 0 Å². The first-order valence-electron chi connectivity index (χ1n) is 10.6. The Kier molecular flexibility index (Phi) is 6.99. The molecule has 1 fully saturated rings. The van der Waals surface area contributed by atoms with Crippen LogP contribution in [0.1, 0.15) is 15.9 Å². The minimum Gasteiger partial charge on any atom is -0.379 e. The molecule has 32 heavy (non-hydrogen) atoms. The van der Waals surface area contributed by atoms with Crippen molar-refractivity contribution in [2.24, 2.45) is 0 Å². The van der Waals surface area contributed by atoms with Crippen molar-refractivity contribution < 1.29 is 17.9 Å². The molecule has 0 N–H and O–H groups in total. The van der Waals surface area contributed by atoms with Gasteiger partial charge in [0.1, 0.15) is 0 Å². The van der Waals surface area contributed by atoms with E-state index in [0.717, 1.165) is 11.3 Å². The first-order valence-corrected chi connectivity index (χ1v) is 12.1. The highest BCUT2D eigenvalue weighted by molar-refractivity contribution is 7.89. The highest BCUT2D eigenvalue weighted by Gasteiger charge is 2.27. The lowest BCUT2D eigenvalue weighted by molar-refractivity contribution is 0.0730. The Labute approximate surface area is 189 Å². The van der Waals surface area contributed by atoms with Gasteiger partial charge in [0.15, 0.2) is 0 Å². The third-order valence-electron chi connectivity index (χ3n) is 5.47. The fourth-order valence-corrected chi connectivity index (χ4v) is 5.18. The predicted octanol–water partition coefficient (Wildman–Crippen LogP) is 3.60. The molecule has 7 heteroatoms. The van der Waals surface area contributed by atoms with Crippen molar-refractivity contribution in [3.05, 3.63) is 96.1 Å². The van der Waals surface area contributed by atoms with Gasteiger partial charge in [-0.3, -0.25) is 4.79 Å². The number of anilines is 1. The molecule has 166 valence electrons. The minimum atomic E-state index is -3.68. The molecular formula is C25H26N2O4S. The number of benzene rings is 3. The van der Waals surface area contributed by atoms with E-state index in [-0.39, 0.29) is 10.8 Å². The lowest BCUT2D eigenvalue weighted by Crippen LogP contribution is -2.40. The lowest BCUT2D eigenvalue weighted by Gasteiger charge is -2.26. The summed E-state index contributed by atoms with van der Waals surface area (Å²) in [5.74, 6) is -0.230. The number of amides is 1. The van der Waals surface area contributed by atoms with Crippen LogP contribution in [0, 0.1) is 0 Å². The molecule has 3 aromatic rings. The molecule has 0 unspecified atom stereocenters. The third kappa shape index (κ3) is 5.07. The van der Waals surface area contributed by atoms with Gasteiger partial charge in [-0.1, -0.05) is 54.6 Å². The molecule has 0 atom stereocenters. The fourth-order valence-electron chi connectivity index (χ4n) is 3.72. The Morgan fingerprint density at radius 3 is 2.22 bits per heavy atom. The Morgan fingerprint density at radius 1 is 0.875 bits per heavy atom. The largest absolute Gasteiger partial charge is 0.379 e. The SMILES string of the molecule is O=C(c1cccc(S(=O)(=O)N2CCOCC2)c1)N(CCc1ccccc1)c1ccccc1. The van der Waals surface area contributed by atoms with Crippen molar-refractivity contribution in [1.29, 1.82) is 0 Å². The van der Waals surface area contributed by atoms with E-state index in [0.29, 0.717) is 44.8 Å². The number of carbonyl (C=O) groups is 1. The number of sulfonamides is 1. The summed E-state index contributed by atoms with van der Waals surface area (Å²) >= 11 is 0. The molecule has 4 rings (SSSR count). The molecule has 1 aliphatic heterocycles. The first-order chi connectivity index (χ1) is 15.6. The Bertz CT molecular complexity index is 1140. The van der Waals surface area contributed by atoms with Crippen LogP contribution in [-0.4, -0.2) is 51.5 Å². The van der Waals surface area contributed by atoms with Gasteiger partial charge in [0, 0.05) is 30.9 Å². The molecule has 0 saturated carbocycles. The van der Waals surface area contributed by atoms with Crippen LogP contribution in [0.15, 0.2) is 89.8 Å². The van der Waals surface area contributed by atoms with Gasteiger partial charge < -0.3 is 9.64 Å². The maximum Gasteiger partial charge on any atom is 0.258 e. The second-order valence-corrected chi connectivity index (χ2v) is 9.51. The predicted molar refractivity (Wildman–Crippen MR) is 124 cm³/mol. The smallest absolute Gasteiger partial charge is 0.258 e. The number of hydrogen-bond acceptors (Lipinski definition) is 4. The van der Waals surface area contributed by atoms with Gasteiger partial charge in [-0.2, -0.15) is 4.31 Å². The fraction of sp³-hybridized carbons (Fsp3) is 0.240. The monoisotopic (exact) mass is 450 g/mol. The zero-order valence-electron chi connectivity index (χ0n) is 17.8. The molecule has 1 heterocycles. The van der Waals surface area contributed by atoms with Gasteiger partial charge in [0.25, 0.3) is 5.91 Å². The molecule has 6 nitrogen and oxygen atoms in total. The topological polar surface area (TPSA) is 66.9 Å². The van der Waals surface area contributed by atoms with Crippen molar-refractivity contribution in [3.8, 4) is 0 Å². The second kappa shape index (κ2) is 10.1. The van der Waals surface area contributed by atoms with Gasteiger partial charge in [-0.15, -0.1) is 0 Å². The number of rotatable bonds is 7. The highest BCUT2D eigenvalue weighted by atomic mass is 32.2. The third-order valence-corrected chi connectivity index (χ3v) is 7.36. The Balaban J connectivity index is 1.61. The van der Waals surface area contributed by atoms with Crippen molar-refractivity contribution >= 4 is 21.6 Å². The van der Waals surface area contributed by atoms with E-state index in [1.54, 1.807) is 23.1 Å². The average molecular weight is 451 g/mol. The van der Waals surface area contributed by atoms with Crippen molar-refractivity contribution in [3.63, 3.8) is 0 Å². The molecular weight excluding hydrogens is 424 g/mol. The molecule has 0 aliphatic carbocycles. The van der Waals surface area contributed by atoms with Gasteiger partial charge in [0.2, 0.25) is 10.0 Å². The highest BCUT2D eigenvalue weighted by Crippen LogP contribution is 2.22. The van der Waals surface area contributed by atoms with E-state index in [9.17, 15) is 13.2 Å². The van der Waals surface area contributed by atoms with Crippen molar-refractivity contribution in [1.82, 2.24) is 4.31 Å². The average Bonchev–Trinajstić information content (AvgIpc) is 2.86. The van der Waals surface area contributed by atoms with E-state index in [2.05, 4.69) is 0 Å². The van der Waals surface area contributed by atoms with Crippen LogP contribution in [0.25, 0.3) is 0 Å². The molecule has 3 aromatic carbocycles. The summed E-state index contributed by atoms with van der Waals surface area (Å²) in [5.41, 5.74) is 2.25. The van der Waals surface area contributed by atoms with E-state index in [1.807, 2.05) is 60.7 Å². The van der Waals surface area contributed by atoms with Crippen LogP contribution in [-0.2, 0) is 21.2 Å². The minimum absolute atomic E-state index is 0.126. The first kappa shape index (κ1) is 22.2. The summed E-state index contributed by atoms with van der Waals surface area (Å²) in [4.78, 5) is 15.3. The van der Waals surface area contributed by atoms with Gasteiger partial charge in [-0.25, -0.2) is 8.42 Å².